The van der Waals surface area contributed by atoms with E-state index in [1.807, 2.05) is 0 Å². The Kier molecular flexibility index (Phi) is 2.86. The van der Waals surface area contributed by atoms with Crippen LogP contribution in [0.3, 0.4) is 0 Å². The molecule has 0 bridgehead atoms. The lowest BCUT2D eigenvalue weighted by atomic mass is 10.4. The normalized spacial score (nSPS) is 21.5. The number of amides is 2. The van der Waals surface area contributed by atoms with Crippen molar-refractivity contribution in [2.45, 2.75) is 18.3 Å². The van der Waals surface area contributed by atoms with Crippen molar-refractivity contribution in [1.82, 2.24) is 0 Å². The molecule has 1 heterocycles. The zero-order chi connectivity index (χ0) is 12.8. The molecule has 1 saturated heterocycles. The van der Waals surface area contributed by atoms with E-state index in [-0.39, 0.29) is 12.8 Å². The second-order valence-corrected chi connectivity index (χ2v) is 4.71. The Hall–Kier alpha value is -1.00. The van der Waals surface area contributed by atoms with Crippen molar-refractivity contribution < 1.29 is 40.1 Å². The monoisotopic (exact) mass is 262 g/mol. The van der Waals surface area contributed by atoms with E-state index in [4.69, 9.17) is 0 Å². The molecule has 0 aromatic rings. The molecule has 2 amide bonds. The number of likely N-dealkylation sites (tertiary alicyclic amines) is 1. The summed E-state index contributed by atoms with van der Waals surface area (Å²) in [5.74, 6) is -2.06. The minimum absolute atomic E-state index is 0.345. The molecule has 1 fully saturated rings. The van der Waals surface area contributed by atoms with Gasteiger partial charge in [-0.15, -0.1) is 0 Å². The highest BCUT2D eigenvalue weighted by atomic mass is 32.2. The summed E-state index contributed by atoms with van der Waals surface area (Å²) in [6.07, 6.45) is -0.689. The Balaban J connectivity index is 3.07. The number of hydrogen-bond donors (Lipinski definition) is 0. The van der Waals surface area contributed by atoms with Crippen molar-refractivity contribution in [1.29, 1.82) is 0 Å². The predicted molar refractivity (Wildman–Crippen MR) is 41.5 cm³/mol. The molecule has 0 spiro atoms. The van der Waals surface area contributed by atoms with Crippen LogP contribution in [0, 0.1) is 0 Å². The summed E-state index contributed by atoms with van der Waals surface area (Å²) in [6, 6.07) is 0. The number of carbonyl (C=O) groups excluding carboxylic acids is 2. The molecule has 1 rings (SSSR count). The largest absolute Gasteiger partial charge is 0.528 e. The third-order valence-electron chi connectivity index (χ3n) is 2.04. The molecule has 16 heavy (non-hydrogen) atoms. The fourth-order valence-corrected chi connectivity index (χ4v) is 1.74. The smallest absolute Gasteiger partial charge is 0.227 e. The summed E-state index contributed by atoms with van der Waals surface area (Å²) in [4.78, 5) is 22.2. The van der Waals surface area contributed by atoms with Crippen molar-refractivity contribution >= 4 is 21.9 Å². The first kappa shape index (κ1) is 13.1. The Bertz CT molecular complexity index is 424. The summed E-state index contributed by atoms with van der Waals surface area (Å²) in [5.41, 5.74) is -5.67. The van der Waals surface area contributed by atoms with Crippen LogP contribution in [-0.4, -0.2) is 37.4 Å². The minimum atomic E-state index is -5.97. The minimum Gasteiger partial charge on any atom is -0.227 e. The van der Waals surface area contributed by atoms with E-state index in [1.165, 1.54) is 0 Å². The fourth-order valence-electron chi connectivity index (χ4n) is 1.10. The average Bonchev–Trinajstić information content (AvgIpc) is 2.30. The molecule has 0 radical (unpaired) electrons. The van der Waals surface area contributed by atoms with Gasteiger partial charge in [-0.25, -0.2) is 9.59 Å². The number of halogens is 3. The first-order valence-electron chi connectivity index (χ1n) is 3.96. The molecule has 1 aliphatic rings. The molecule has 0 atom stereocenters. The standard InChI is InChI=1S/C6H7F3NO5S/c1-10(4(11)2-3-5(10)12)15-16(13,14)6(7,8)9/h2-3H2,1H3/q+1. The van der Waals surface area contributed by atoms with Crippen LogP contribution in [0.1, 0.15) is 12.8 Å². The lowest BCUT2D eigenvalue weighted by Gasteiger charge is -2.20. The van der Waals surface area contributed by atoms with E-state index < -0.39 is 32.1 Å². The van der Waals surface area contributed by atoms with Crippen molar-refractivity contribution in [3.63, 3.8) is 0 Å². The molecule has 0 aliphatic carbocycles. The lowest BCUT2D eigenvalue weighted by Crippen LogP contribution is -2.51. The summed E-state index contributed by atoms with van der Waals surface area (Å²) >= 11 is 0. The van der Waals surface area contributed by atoms with Gasteiger partial charge in [0.05, 0.1) is 12.8 Å². The number of rotatable bonds is 2. The Labute approximate surface area is 88.2 Å². The third-order valence-corrected chi connectivity index (χ3v) is 3.10. The second kappa shape index (κ2) is 3.50. The Morgan fingerprint density at radius 1 is 1.19 bits per heavy atom. The first-order valence-corrected chi connectivity index (χ1v) is 5.37. The number of alkyl halides is 3. The van der Waals surface area contributed by atoms with E-state index in [9.17, 15) is 31.2 Å². The molecule has 0 aromatic carbocycles. The van der Waals surface area contributed by atoms with Crippen molar-refractivity contribution in [3.05, 3.63) is 0 Å². The van der Waals surface area contributed by atoms with Gasteiger partial charge in [0.2, 0.25) is 0 Å². The van der Waals surface area contributed by atoms with Gasteiger partial charge in [-0.1, -0.05) is 0 Å². The molecule has 92 valence electrons. The summed E-state index contributed by atoms with van der Waals surface area (Å²) in [7, 11) is -5.31. The zero-order valence-electron chi connectivity index (χ0n) is 7.94. The number of nitrogens with zero attached hydrogens (tertiary/aromatic N) is 1. The quantitative estimate of drug-likeness (QED) is 0.399. The number of quaternary nitrogens is 1. The first-order chi connectivity index (χ1) is 7.01. The molecule has 10 heteroatoms. The predicted octanol–water partition coefficient (Wildman–Crippen LogP) is 0.0612. The van der Waals surface area contributed by atoms with Crippen LogP contribution in [0.2, 0.25) is 0 Å². The van der Waals surface area contributed by atoms with Gasteiger partial charge in [-0.05, 0) is 8.93 Å². The molecule has 0 aromatic heterocycles. The summed E-state index contributed by atoms with van der Waals surface area (Å²) in [6.45, 7) is 0. The molecule has 0 N–H and O–H groups in total. The number of hydrogen-bond acceptors (Lipinski definition) is 5. The average molecular weight is 262 g/mol. The molecule has 0 unspecified atom stereocenters. The van der Waals surface area contributed by atoms with E-state index in [0.29, 0.717) is 7.05 Å². The van der Waals surface area contributed by atoms with Gasteiger partial charge >= 0.3 is 27.4 Å². The van der Waals surface area contributed by atoms with Gasteiger partial charge in [-0.2, -0.15) is 21.6 Å². The lowest BCUT2D eigenvalue weighted by molar-refractivity contribution is -0.929. The maximum Gasteiger partial charge on any atom is 0.528 e. The number of hydroxylamine groups is 3. The van der Waals surface area contributed by atoms with Crippen LogP contribution in [0.4, 0.5) is 13.2 Å². The van der Waals surface area contributed by atoms with Gasteiger partial charge in [0, 0.05) is 0 Å². The van der Waals surface area contributed by atoms with Crippen LogP contribution in [-0.2, 0) is 24.0 Å². The number of carbonyl (C=O) groups is 2. The second-order valence-electron chi connectivity index (χ2n) is 3.19. The fraction of sp³-hybridized carbons (Fsp3) is 0.667. The molecule has 1 aliphatic heterocycles. The van der Waals surface area contributed by atoms with Gasteiger partial charge in [0.15, 0.2) is 0 Å². The molecule has 6 nitrogen and oxygen atoms in total. The van der Waals surface area contributed by atoms with E-state index in [0.717, 1.165) is 0 Å². The van der Waals surface area contributed by atoms with Gasteiger partial charge in [-0.3, -0.25) is 0 Å². The van der Waals surface area contributed by atoms with E-state index >= 15 is 0 Å². The van der Waals surface area contributed by atoms with Crippen LogP contribution >= 0.6 is 0 Å². The van der Waals surface area contributed by atoms with Crippen LogP contribution in [0.15, 0.2) is 0 Å². The van der Waals surface area contributed by atoms with Gasteiger partial charge in [0.1, 0.15) is 7.05 Å². The van der Waals surface area contributed by atoms with Crippen molar-refractivity contribution in [2.24, 2.45) is 0 Å². The zero-order valence-corrected chi connectivity index (χ0v) is 8.76. The van der Waals surface area contributed by atoms with Crippen molar-refractivity contribution in [2.75, 3.05) is 7.05 Å². The Morgan fingerprint density at radius 2 is 1.56 bits per heavy atom. The van der Waals surface area contributed by atoms with E-state index in [1.54, 1.807) is 0 Å². The van der Waals surface area contributed by atoms with Crippen LogP contribution in [0.5, 0.6) is 0 Å². The van der Waals surface area contributed by atoms with Crippen LogP contribution < -0.4 is 0 Å². The topological polar surface area (TPSA) is 77.5 Å². The van der Waals surface area contributed by atoms with E-state index in [2.05, 4.69) is 4.28 Å². The number of imide groups is 1. The van der Waals surface area contributed by atoms with Gasteiger partial charge in [0.25, 0.3) is 0 Å². The highest BCUT2D eigenvalue weighted by Crippen LogP contribution is 2.30. The highest BCUT2D eigenvalue weighted by Gasteiger charge is 2.59. The highest BCUT2D eigenvalue weighted by molar-refractivity contribution is 7.87. The Morgan fingerprint density at radius 3 is 1.88 bits per heavy atom. The van der Waals surface area contributed by atoms with Crippen LogP contribution in [0.25, 0.3) is 0 Å². The molecular weight excluding hydrogens is 255 g/mol. The van der Waals surface area contributed by atoms with Crippen molar-refractivity contribution in [3.8, 4) is 0 Å². The molecule has 0 saturated carbocycles. The third kappa shape index (κ3) is 1.95. The summed E-state index contributed by atoms with van der Waals surface area (Å²) in [5, 5.41) is 0. The maximum absolute atomic E-state index is 12.0. The summed E-state index contributed by atoms with van der Waals surface area (Å²) < 4.78 is 59.0. The van der Waals surface area contributed by atoms with Gasteiger partial charge < -0.3 is 0 Å². The molecular formula is C6H7F3NO5S+. The SMILES string of the molecule is C[N+]1(OS(=O)(=O)C(F)(F)F)C(=O)CCC1=O. The maximum atomic E-state index is 12.0.